The predicted octanol–water partition coefficient (Wildman–Crippen LogP) is 11.2. The molecule has 3 aliphatic heterocycles. The molecule has 5 aromatic rings. The monoisotopic (exact) mass is 778 g/mol. The van der Waals surface area contributed by atoms with E-state index in [9.17, 15) is 14.4 Å². The number of fused-ring (bicyclic) bond motifs is 11. The van der Waals surface area contributed by atoms with E-state index < -0.39 is 35.4 Å². The molecule has 1 aromatic heterocycles. The topological polar surface area (TPSA) is 92.0 Å². The zero-order valence-corrected chi connectivity index (χ0v) is 34.5. The molecule has 5 atom stereocenters. The zero-order valence-electron chi connectivity index (χ0n) is 34.5. The van der Waals surface area contributed by atoms with Gasteiger partial charge in [0.25, 0.3) is 0 Å². The molecule has 1 fully saturated rings. The summed E-state index contributed by atoms with van der Waals surface area (Å²) in [5, 5.41) is 0.677. The molecule has 9 rings (SSSR count). The van der Waals surface area contributed by atoms with Gasteiger partial charge in [0, 0.05) is 22.9 Å². The van der Waals surface area contributed by atoms with Gasteiger partial charge in [-0.3, -0.25) is 4.79 Å². The molecule has 0 saturated heterocycles. The number of benzene rings is 4. The second-order valence-electron chi connectivity index (χ2n) is 17.7. The molecule has 0 radical (unpaired) electrons. The number of carbonyl (C=O) groups is 2. The summed E-state index contributed by atoms with van der Waals surface area (Å²) in [5.74, 6) is -0.0827. The molecule has 4 heterocycles. The molecule has 58 heavy (non-hydrogen) atoms. The Kier molecular flexibility index (Phi) is 10.9. The second-order valence-corrected chi connectivity index (χ2v) is 17.7. The van der Waals surface area contributed by atoms with Crippen molar-refractivity contribution in [2.45, 2.75) is 122 Å². The first kappa shape index (κ1) is 39.4. The highest BCUT2D eigenvalue weighted by Crippen LogP contribution is 2.49. The van der Waals surface area contributed by atoms with Crippen LogP contribution in [0.3, 0.4) is 0 Å². The number of esters is 2. The Balaban J connectivity index is 1.19. The van der Waals surface area contributed by atoms with Crippen LogP contribution < -0.4 is 10.4 Å². The highest BCUT2D eigenvalue weighted by Gasteiger charge is 2.51. The van der Waals surface area contributed by atoms with E-state index in [2.05, 4.69) is 72.8 Å². The average molecular weight is 779 g/mol. The summed E-state index contributed by atoms with van der Waals surface area (Å²) in [6.07, 6.45) is 2.84. The standard InChI is InChI=1S/C51H54O7/c1-30(2)40-22-17-32-15-18-35(19-16-32)41-23-20-37(36-14-10-13-34(26-36)25-33-11-8-7-9-12-33)27-39(41)29-44(52)55-47-45-43(58-51(5,6)48(47)57-49(40)53)24-21-38-28-42(31(3)4)50(54)56-46(38)45/h7-16,18-19,21,24,26,28,31,37,39,41,47-48H,17,20,22-23,25,27,29H2,1-6H3. The second kappa shape index (κ2) is 16.1. The van der Waals surface area contributed by atoms with Crippen molar-refractivity contribution in [3.05, 3.63) is 158 Å². The number of allylic oxidation sites excluding steroid dienone is 1. The smallest absolute Gasteiger partial charge is 0.339 e. The summed E-state index contributed by atoms with van der Waals surface area (Å²) in [4.78, 5) is 42.2. The van der Waals surface area contributed by atoms with Gasteiger partial charge in [-0.05, 0) is 136 Å². The molecule has 0 N–H and O–H groups in total. The van der Waals surface area contributed by atoms with Gasteiger partial charge in [0.2, 0.25) is 0 Å². The number of hydrogen-bond acceptors (Lipinski definition) is 7. The van der Waals surface area contributed by atoms with Gasteiger partial charge in [-0.1, -0.05) is 98.3 Å². The molecule has 0 amide bonds. The summed E-state index contributed by atoms with van der Waals surface area (Å²) >= 11 is 0. The third-order valence-electron chi connectivity index (χ3n) is 12.7. The number of carbonyl (C=O) groups excluding carboxylic acids is 2. The molecule has 0 spiro atoms. The minimum atomic E-state index is -1.10. The van der Waals surface area contributed by atoms with E-state index in [-0.39, 0.29) is 35.7 Å². The first-order valence-electron chi connectivity index (χ1n) is 20.9. The van der Waals surface area contributed by atoms with Gasteiger partial charge in [0.05, 0.1) is 5.56 Å². The highest BCUT2D eigenvalue weighted by atomic mass is 16.6. The lowest BCUT2D eigenvalue weighted by Crippen LogP contribution is -2.52. The quantitative estimate of drug-likeness (QED) is 0.102. The van der Waals surface area contributed by atoms with Gasteiger partial charge in [-0.2, -0.15) is 0 Å². The maximum absolute atomic E-state index is 14.7. The van der Waals surface area contributed by atoms with Crippen molar-refractivity contribution in [2.75, 3.05) is 0 Å². The van der Waals surface area contributed by atoms with E-state index in [1.807, 2.05) is 65.8 Å². The lowest BCUT2D eigenvalue weighted by molar-refractivity contribution is -0.188. The first-order chi connectivity index (χ1) is 27.8. The van der Waals surface area contributed by atoms with Crippen LogP contribution in [-0.2, 0) is 31.9 Å². The van der Waals surface area contributed by atoms with Crippen LogP contribution in [0.15, 0.2) is 117 Å². The Morgan fingerprint density at radius 3 is 2.29 bits per heavy atom. The lowest BCUT2D eigenvalue weighted by Gasteiger charge is -2.43. The van der Waals surface area contributed by atoms with Crippen molar-refractivity contribution in [2.24, 2.45) is 5.92 Å². The van der Waals surface area contributed by atoms with Gasteiger partial charge >= 0.3 is 17.6 Å². The molecule has 7 nitrogen and oxygen atoms in total. The summed E-state index contributed by atoms with van der Waals surface area (Å²) in [6, 6.07) is 33.7. The number of ether oxygens (including phenoxy) is 3. The Bertz CT molecular complexity index is 2420. The van der Waals surface area contributed by atoms with Crippen LogP contribution in [0, 0.1) is 5.92 Å². The average Bonchev–Trinajstić information content (AvgIpc) is 3.19. The maximum atomic E-state index is 14.7. The number of aryl methyl sites for hydroxylation is 1. The number of rotatable bonds is 4. The molecule has 1 saturated carbocycles. The molecule has 5 unspecified atom stereocenters. The summed E-state index contributed by atoms with van der Waals surface area (Å²) in [5.41, 5.74) is 7.28. The molecule has 300 valence electrons. The third-order valence-corrected chi connectivity index (χ3v) is 12.7. The van der Waals surface area contributed by atoms with E-state index in [4.69, 9.17) is 18.6 Å². The minimum Gasteiger partial charge on any atom is -0.483 e. The van der Waals surface area contributed by atoms with Crippen LogP contribution in [0.1, 0.15) is 136 Å². The lowest BCUT2D eigenvalue weighted by atomic mass is 9.68. The Morgan fingerprint density at radius 2 is 1.55 bits per heavy atom. The van der Waals surface area contributed by atoms with Gasteiger partial charge in [0.1, 0.15) is 16.9 Å². The van der Waals surface area contributed by atoms with Crippen molar-refractivity contribution in [3.63, 3.8) is 0 Å². The van der Waals surface area contributed by atoms with Crippen LogP contribution in [0.4, 0.5) is 0 Å². The van der Waals surface area contributed by atoms with Crippen LogP contribution in [-0.4, -0.2) is 23.6 Å². The summed E-state index contributed by atoms with van der Waals surface area (Å²) < 4.78 is 25.7. The first-order valence-corrected chi connectivity index (χ1v) is 20.9. The van der Waals surface area contributed by atoms with E-state index >= 15 is 0 Å². The van der Waals surface area contributed by atoms with Gasteiger partial charge in [0.15, 0.2) is 12.2 Å². The fraction of sp³-hybridized carbons (Fsp3) is 0.392. The summed E-state index contributed by atoms with van der Waals surface area (Å²) in [7, 11) is 0. The molecule has 2 bridgehead atoms. The zero-order chi connectivity index (χ0) is 40.7. The van der Waals surface area contributed by atoms with Crippen molar-refractivity contribution < 1.29 is 28.2 Å². The SMILES string of the molecule is CC(C)=C1CCc2ccc(cc2)C2CCC(c3cccc(Cc4ccccc4)c3)CC2CC(=O)OC2c3c(ccc4cc(C(C)C)c(=O)oc34)OC(C)(C)C2OC1=O. The fourth-order valence-electron chi connectivity index (χ4n) is 9.51. The minimum absolute atomic E-state index is 0.00701. The van der Waals surface area contributed by atoms with E-state index in [0.29, 0.717) is 40.7 Å². The number of hydrogen-bond donors (Lipinski definition) is 0. The highest BCUT2D eigenvalue weighted by molar-refractivity contribution is 5.90. The van der Waals surface area contributed by atoms with Crippen LogP contribution in [0.5, 0.6) is 5.75 Å². The van der Waals surface area contributed by atoms with Crippen molar-refractivity contribution in [1.29, 1.82) is 0 Å². The third kappa shape index (κ3) is 8.01. The van der Waals surface area contributed by atoms with Crippen LogP contribution in [0.25, 0.3) is 11.0 Å². The van der Waals surface area contributed by atoms with Gasteiger partial charge < -0.3 is 18.6 Å². The Labute approximate surface area is 341 Å². The molecular formula is C51H54O7. The fourth-order valence-corrected chi connectivity index (χ4v) is 9.51. The Hall–Kier alpha value is -5.43. The van der Waals surface area contributed by atoms with E-state index in [1.54, 1.807) is 0 Å². The van der Waals surface area contributed by atoms with Crippen molar-refractivity contribution in [1.82, 2.24) is 0 Å². The predicted molar refractivity (Wildman–Crippen MR) is 226 cm³/mol. The van der Waals surface area contributed by atoms with Crippen molar-refractivity contribution in [3.8, 4) is 5.75 Å². The van der Waals surface area contributed by atoms with Gasteiger partial charge in [-0.25, -0.2) is 9.59 Å². The van der Waals surface area contributed by atoms with E-state index in [0.717, 1.165) is 36.8 Å². The Morgan fingerprint density at radius 1 is 0.793 bits per heavy atom. The molecule has 1 aliphatic carbocycles. The maximum Gasteiger partial charge on any atom is 0.339 e. The largest absolute Gasteiger partial charge is 0.483 e. The normalized spacial score (nSPS) is 23.3. The van der Waals surface area contributed by atoms with Crippen LogP contribution in [0.2, 0.25) is 0 Å². The molecule has 4 aliphatic rings. The van der Waals surface area contributed by atoms with Crippen LogP contribution >= 0.6 is 0 Å². The molecule has 7 heteroatoms. The molecular weight excluding hydrogens is 725 g/mol. The van der Waals surface area contributed by atoms with E-state index in [1.165, 1.54) is 22.3 Å². The van der Waals surface area contributed by atoms with Gasteiger partial charge in [-0.15, -0.1) is 0 Å². The summed E-state index contributed by atoms with van der Waals surface area (Å²) in [6.45, 7) is 11.4. The molecule has 4 aromatic carbocycles. The van der Waals surface area contributed by atoms with Crippen molar-refractivity contribution >= 4 is 22.9 Å².